The number of amidine groups is 2. The average Bonchev–Trinajstić information content (AvgIpc) is 3.73. The number of alkyl halides is 3. The van der Waals surface area contributed by atoms with E-state index in [-0.39, 0.29) is 35.5 Å². The molecule has 2 fully saturated rings. The van der Waals surface area contributed by atoms with Crippen molar-refractivity contribution in [1.29, 1.82) is 0 Å². The fourth-order valence-corrected chi connectivity index (χ4v) is 4.49. The van der Waals surface area contributed by atoms with E-state index < -0.39 is 18.1 Å². The monoisotopic (exact) mass is 557 g/mol. The third-order valence-corrected chi connectivity index (χ3v) is 7.12. The Balaban J connectivity index is 1.78. The summed E-state index contributed by atoms with van der Waals surface area (Å²) in [5.74, 6) is -1.09. The Kier molecular flexibility index (Phi) is 8.24. The van der Waals surface area contributed by atoms with E-state index in [0.29, 0.717) is 27.3 Å². The normalized spacial score (nSPS) is 18.9. The van der Waals surface area contributed by atoms with Gasteiger partial charge in [0.05, 0.1) is 34.4 Å². The maximum Gasteiger partial charge on any atom is 0.409 e. The Morgan fingerprint density at radius 1 is 1.26 bits per heavy atom. The molecule has 8 nitrogen and oxygen atoms in total. The topological polar surface area (TPSA) is 95.7 Å². The van der Waals surface area contributed by atoms with Gasteiger partial charge in [0.25, 0.3) is 5.91 Å². The van der Waals surface area contributed by atoms with E-state index in [1.165, 1.54) is 18.1 Å². The number of pyridine rings is 1. The first-order valence-corrected chi connectivity index (χ1v) is 13.6. The van der Waals surface area contributed by atoms with Gasteiger partial charge in [-0.2, -0.15) is 13.2 Å². The molecule has 0 bridgehead atoms. The minimum atomic E-state index is -4.71. The lowest BCUT2D eigenvalue weighted by Gasteiger charge is -2.37. The fraction of sp³-hybridized carbons (Fsp3) is 0.407. The SMILES string of the molecule is C=C(N=C1C(=C(C)C)NC(=NCc2ccc(SC)nc2)C(=O)N1[C@@H](C)C(F)(F)F)c1c(C)ncnc1C1CC1. The van der Waals surface area contributed by atoms with Crippen LogP contribution in [0.1, 0.15) is 62.0 Å². The molecule has 2 aromatic rings. The molecule has 12 heteroatoms. The molecule has 0 radical (unpaired) electrons. The third-order valence-electron chi connectivity index (χ3n) is 6.46. The van der Waals surface area contributed by atoms with Gasteiger partial charge in [-0.3, -0.25) is 14.7 Å². The van der Waals surface area contributed by atoms with Gasteiger partial charge in [-0.05, 0) is 64.0 Å². The van der Waals surface area contributed by atoms with Crippen LogP contribution in [-0.4, -0.2) is 55.9 Å². The zero-order valence-corrected chi connectivity index (χ0v) is 23.2. The van der Waals surface area contributed by atoms with Gasteiger partial charge in [0.1, 0.15) is 12.4 Å². The number of aromatic nitrogens is 3. The average molecular weight is 558 g/mol. The summed E-state index contributed by atoms with van der Waals surface area (Å²) in [4.78, 5) is 36.0. The van der Waals surface area contributed by atoms with Gasteiger partial charge in [0.15, 0.2) is 11.7 Å². The van der Waals surface area contributed by atoms with Crippen LogP contribution in [0.5, 0.6) is 0 Å². The second-order valence-electron chi connectivity index (χ2n) is 9.64. The number of carbonyl (C=O) groups is 1. The molecule has 206 valence electrons. The number of halogens is 3. The molecule has 2 aliphatic rings. The van der Waals surface area contributed by atoms with Crippen LogP contribution in [0.15, 0.2) is 57.5 Å². The van der Waals surface area contributed by atoms with Crippen molar-refractivity contribution >= 4 is 35.0 Å². The standard InChI is InChI=1S/C27H30F3N7OS/c1-14(2)22-25(35-16(4)21-15(3)33-13-34-23(21)19-8-9-19)37(17(5)27(28,29)30)26(38)24(36-22)32-12-18-7-10-20(39-6)31-11-18/h7,10-11,13,17,19H,4,8-9,12H2,1-3,5-6H3,(H,32,36)/t17-/m0/s1. The molecule has 1 saturated carbocycles. The summed E-state index contributed by atoms with van der Waals surface area (Å²) in [6.45, 7) is 10.3. The maximum absolute atomic E-state index is 14.1. The number of thioether (sulfide) groups is 1. The Labute approximate surface area is 229 Å². The summed E-state index contributed by atoms with van der Waals surface area (Å²) in [7, 11) is 0. The number of nitrogens with zero attached hydrogens (tertiary/aromatic N) is 6. The summed E-state index contributed by atoms with van der Waals surface area (Å²) < 4.78 is 42.2. The van der Waals surface area contributed by atoms with Crippen molar-refractivity contribution in [3.05, 3.63) is 65.0 Å². The van der Waals surface area contributed by atoms with Gasteiger partial charge < -0.3 is 5.32 Å². The van der Waals surface area contributed by atoms with Gasteiger partial charge in [-0.1, -0.05) is 12.6 Å². The second-order valence-corrected chi connectivity index (χ2v) is 10.5. The summed E-state index contributed by atoms with van der Waals surface area (Å²) in [5, 5.41) is 3.77. The number of hydrogen-bond donors (Lipinski definition) is 1. The van der Waals surface area contributed by atoms with E-state index in [0.717, 1.165) is 30.5 Å². The quantitative estimate of drug-likeness (QED) is 0.457. The smallest absolute Gasteiger partial charge is 0.333 e. The highest BCUT2D eigenvalue weighted by Crippen LogP contribution is 2.42. The number of rotatable bonds is 7. The first kappa shape index (κ1) is 28.5. The zero-order valence-electron chi connectivity index (χ0n) is 22.4. The largest absolute Gasteiger partial charge is 0.409 e. The molecule has 1 N–H and O–H groups in total. The number of aliphatic imine (C=N–C) groups is 2. The van der Waals surface area contributed by atoms with Gasteiger partial charge in [-0.15, -0.1) is 11.8 Å². The zero-order chi connectivity index (χ0) is 28.5. The molecule has 2 aromatic heterocycles. The minimum absolute atomic E-state index is 0.0600. The van der Waals surface area contributed by atoms with Crippen LogP contribution in [0, 0.1) is 6.92 Å². The molecule has 0 aromatic carbocycles. The van der Waals surface area contributed by atoms with Crippen molar-refractivity contribution in [2.75, 3.05) is 6.26 Å². The van der Waals surface area contributed by atoms with E-state index in [1.54, 1.807) is 27.0 Å². The van der Waals surface area contributed by atoms with Crippen LogP contribution in [0.3, 0.4) is 0 Å². The van der Waals surface area contributed by atoms with Crippen LogP contribution in [0.2, 0.25) is 0 Å². The summed E-state index contributed by atoms with van der Waals surface area (Å²) in [5.41, 5.74) is 3.76. The second kappa shape index (κ2) is 11.3. The molecule has 1 saturated heterocycles. The molecular formula is C27H30F3N7OS. The molecule has 1 aliphatic carbocycles. The lowest BCUT2D eigenvalue weighted by atomic mass is 10.1. The fourth-order valence-electron chi connectivity index (χ4n) is 4.12. The van der Waals surface area contributed by atoms with Crippen molar-refractivity contribution in [1.82, 2.24) is 25.2 Å². The lowest BCUT2D eigenvalue weighted by molar-refractivity contribution is -0.173. The van der Waals surface area contributed by atoms with Gasteiger partial charge in [0, 0.05) is 17.7 Å². The summed E-state index contributed by atoms with van der Waals surface area (Å²) >= 11 is 1.48. The number of carbonyl (C=O) groups excluding carboxylic acids is 1. The van der Waals surface area contributed by atoms with E-state index in [9.17, 15) is 18.0 Å². The number of amides is 1. The van der Waals surface area contributed by atoms with Crippen molar-refractivity contribution < 1.29 is 18.0 Å². The number of piperazine rings is 1. The van der Waals surface area contributed by atoms with Gasteiger partial charge >= 0.3 is 6.18 Å². The Hall–Kier alpha value is -3.54. The van der Waals surface area contributed by atoms with E-state index in [4.69, 9.17) is 0 Å². The number of nitrogens with one attached hydrogen (secondary N) is 1. The maximum atomic E-state index is 14.1. The molecule has 1 aliphatic heterocycles. The number of hydrogen-bond acceptors (Lipinski definition) is 7. The molecular weight excluding hydrogens is 527 g/mol. The molecule has 0 unspecified atom stereocenters. The van der Waals surface area contributed by atoms with Crippen LogP contribution in [0.25, 0.3) is 5.70 Å². The minimum Gasteiger partial charge on any atom is -0.333 e. The van der Waals surface area contributed by atoms with Gasteiger partial charge in [0.2, 0.25) is 0 Å². The predicted molar refractivity (Wildman–Crippen MR) is 146 cm³/mol. The molecule has 1 atom stereocenters. The lowest BCUT2D eigenvalue weighted by Crippen LogP contribution is -2.60. The van der Waals surface area contributed by atoms with Crippen molar-refractivity contribution in [3.8, 4) is 0 Å². The first-order chi connectivity index (χ1) is 18.4. The van der Waals surface area contributed by atoms with Crippen LogP contribution < -0.4 is 5.32 Å². The first-order valence-electron chi connectivity index (χ1n) is 12.4. The van der Waals surface area contributed by atoms with Crippen molar-refractivity contribution in [2.24, 2.45) is 9.98 Å². The highest BCUT2D eigenvalue weighted by atomic mass is 32.2. The third kappa shape index (κ3) is 6.21. The molecule has 1 amide bonds. The van der Waals surface area contributed by atoms with Crippen LogP contribution in [-0.2, 0) is 11.3 Å². The highest BCUT2D eigenvalue weighted by Gasteiger charge is 2.48. The Morgan fingerprint density at radius 3 is 2.54 bits per heavy atom. The van der Waals surface area contributed by atoms with Crippen molar-refractivity contribution in [2.45, 2.75) is 70.2 Å². The van der Waals surface area contributed by atoms with Crippen LogP contribution >= 0.6 is 11.8 Å². The summed E-state index contributed by atoms with van der Waals surface area (Å²) in [6, 6.07) is 1.46. The van der Waals surface area contributed by atoms with Gasteiger partial charge in [-0.25, -0.2) is 19.9 Å². The number of allylic oxidation sites excluding steroid dienone is 1. The Morgan fingerprint density at radius 2 is 1.97 bits per heavy atom. The predicted octanol–water partition coefficient (Wildman–Crippen LogP) is 5.42. The van der Waals surface area contributed by atoms with E-state index >= 15 is 0 Å². The highest BCUT2D eigenvalue weighted by molar-refractivity contribution is 7.98. The number of aryl methyl sites for hydroxylation is 1. The summed E-state index contributed by atoms with van der Waals surface area (Å²) in [6.07, 6.45) is 2.19. The van der Waals surface area contributed by atoms with Crippen molar-refractivity contribution in [3.63, 3.8) is 0 Å². The molecule has 0 spiro atoms. The molecule has 3 heterocycles. The van der Waals surface area contributed by atoms with E-state index in [1.807, 2.05) is 18.4 Å². The van der Waals surface area contributed by atoms with Crippen LogP contribution in [0.4, 0.5) is 13.2 Å². The Bertz CT molecular complexity index is 1370. The van der Waals surface area contributed by atoms with E-state index in [2.05, 4.69) is 36.8 Å². The molecule has 39 heavy (non-hydrogen) atoms. The molecule has 4 rings (SSSR count).